The number of nitrogens with zero attached hydrogens (tertiary/aromatic N) is 4. The van der Waals surface area contributed by atoms with Gasteiger partial charge in [-0.2, -0.15) is 0 Å². The van der Waals surface area contributed by atoms with Crippen LogP contribution in [0.1, 0.15) is 22.8 Å². The van der Waals surface area contributed by atoms with Crippen molar-refractivity contribution in [1.29, 1.82) is 0 Å². The van der Waals surface area contributed by atoms with Gasteiger partial charge in [-0.1, -0.05) is 54.2 Å². The number of benzene rings is 3. The van der Waals surface area contributed by atoms with E-state index in [0.29, 0.717) is 22.1 Å². The van der Waals surface area contributed by atoms with Crippen molar-refractivity contribution in [1.82, 2.24) is 19.7 Å². The fraction of sp³-hybridized carbons (Fsp3) is 0.148. The summed E-state index contributed by atoms with van der Waals surface area (Å²) in [5, 5.41) is 15.8. The molecular formula is C27H24N6O2S. The summed E-state index contributed by atoms with van der Waals surface area (Å²) in [7, 11) is 0. The molecule has 2 heterocycles. The molecule has 8 nitrogen and oxygen atoms in total. The molecule has 5 rings (SSSR count). The minimum atomic E-state index is -0.297. The Morgan fingerprint density at radius 3 is 2.58 bits per heavy atom. The highest BCUT2D eigenvalue weighted by Gasteiger charge is 2.16. The van der Waals surface area contributed by atoms with E-state index < -0.39 is 0 Å². The first kappa shape index (κ1) is 23.5. The molecule has 0 spiro atoms. The van der Waals surface area contributed by atoms with Gasteiger partial charge < -0.3 is 15.2 Å². The standard InChI is InChI=1S/C27H24N6O2S/c1-3-33-22-14-7-5-12-20(22)24-25(33)30-27(32-31-24)36-16-23(34)29-21-13-6-4-11-19(21)26(35)28-18-10-8-9-17(2)15-18/h4-15H,3,16H2,1-2H3,(H,28,35)(H,29,34). The van der Waals surface area contributed by atoms with Crippen LogP contribution in [0.15, 0.2) is 78.0 Å². The Hall–Kier alpha value is -4.24. The highest BCUT2D eigenvalue weighted by molar-refractivity contribution is 7.99. The summed E-state index contributed by atoms with van der Waals surface area (Å²) < 4.78 is 2.09. The minimum Gasteiger partial charge on any atom is -0.325 e. The van der Waals surface area contributed by atoms with Gasteiger partial charge in [-0.15, -0.1) is 10.2 Å². The van der Waals surface area contributed by atoms with Crippen molar-refractivity contribution < 1.29 is 9.59 Å². The highest BCUT2D eigenvalue weighted by atomic mass is 32.2. The lowest BCUT2D eigenvalue weighted by Gasteiger charge is -2.11. The maximum atomic E-state index is 12.9. The van der Waals surface area contributed by atoms with Crippen LogP contribution in [0.2, 0.25) is 0 Å². The number of hydrogen-bond acceptors (Lipinski definition) is 6. The number of hydrogen-bond donors (Lipinski definition) is 2. The SMILES string of the molecule is CCn1c2ccccc2c2nnc(SCC(=O)Nc3ccccc3C(=O)Nc3cccc(C)c3)nc21. The van der Waals surface area contributed by atoms with Crippen molar-refractivity contribution in [3.63, 3.8) is 0 Å². The number of aryl methyl sites for hydroxylation is 2. The number of anilines is 2. The van der Waals surface area contributed by atoms with E-state index in [1.165, 1.54) is 11.8 Å². The molecule has 0 aliphatic heterocycles. The molecule has 0 aliphatic carbocycles. The molecule has 0 saturated heterocycles. The zero-order chi connectivity index (χ0) is 25.1. The van der Waals surface area contributed by atoms with Crippen LogP contribution < -0.4 is 10.6 Å². The molecule has 5 aromatic rings. The molecule has 2 N–H and O–H groups in total. The topological polar surface area (TPSA) is 102 Å². The average molecular weight is 497 g/mol. The van der Waals surface area contributed by atoms with Crippen molar-refractivity contribution in [2.24, 2.45) is 0 Å². The largest absolute Gasteiger partial charge is 0.325 e. The summed E-state index contributed by atoms with van der Waals surface area (Å²) >= 11 is 1.20. The third-order valence-electron chi connectivity index (χ3n) is 5.72. The lowest BCUT2D eigenvalue weighted by atomic mass is 10.1. The second-order valence-corrected chi connectivity index (χ2v) is 9.18. The second kappa shape index (κ2) is 10.2. The van der Waals surface area contributed by atoms with Gasteiger partial charge in [0.1, 0.15) is 5.52 Å². The lowest BCUT2D eigenvalue weighted by molar-refractivity contribution is -0.113. The first-order chi connectivity index (χ1) is 17.5. The molecule has 2 amide bonds. The third-order valence-corrected chi connectivity index (χ3v) is 6.56. The predicted molar refractivity (Wildman–Crippen MR) is 143 cm³/mol. The van der Waals surface area contributed by atoms with Crippen LogP contribution in [0.5, 0.6) is 0 Å². The summed E-state index contributed by atoms with van der Waals surface area (Å²) in [5.41, 5.74) is 5.10. The molecule has 0 fully saturated rings. The number of nitrogens with one attached hydrogen (secondary N) is 2. The highest BCUT2D eigenvalue weighted by Crippen LogP contribution is 2.27. The number of rotatable bonds is 7. The van der Waals surface area contributed by atoms with Gasteiger partial charge in [-0.3, -0.25) is 9.59 Å². The van der Waals surface area contributed by atoms with Crippen molar-refractivity contribution in [2.45, 2.75) is 25.5 Å². The minimum absolute atomic E-state index is 0.0768. The normalized spacial score (nSPS) is 11.1. The summed E-state index contributed by atoms with van der Waals surface area (Å²) in [5.74, 6) is -0.488. The van der Waals surface area contributed by atoms with Gasteiger partial charge in [0, 0.05) is 17.6 Å². The van der Waals surface area contributed by atoms with Gasteiger partial charge in [0.2, 0.25) is 11.1 Å². The first-order valence-electron chi connectivity index (χ1n) is 11.5. The van der Waals surface area contributed by atoms with Crippen molar-refractivity contribution in [2.75, 3.05) is 16.4 Å². The van der Waals surface area contributed by atoms with E-state index in [1.807, 2.05) is 55.5 Å². The number of thioether (sulfide) groups is 1. The Balaban J connectivity index is 1.29. The molecule has 9 heteroatoms. The van der Waals surface area contributed by atoms with Crippen molar-refractivity contribution >= 4 is 57.0 Å². The molecule has 3 aromatic carbocycles. The van der Waals surface area contributed by atoms with Crippen LogP contribution in [0.25, 0.3) is 22.1 Å². The Bertz CT molecular complexity index is 1600. The number of amides is 2. The molecule has 0 radical (unpaired) electrons. The van der Waals surface area contributed by atoms with Crippen LogP contribution in [-0.2, 0) is 11.3 Å². The molecule has 0 saturated carbocycles. The van der Waals surface area contributed by atoms with E-state index in [0.717, 1.165) is 34.2 Å². The molecule has 0 unspecified atom stereocenters. The van der Waals surface area contributed by atoms with E-state index >= 15 is 0 Å². The average Bonchev–Trinajstić information content (AvgIpc) is 3.20. The third kappa shape index (κ3) is 4.78. The van der Waals surface area contributed by atoms with Crippen molar-refractivity contribution in [3.05, 3.63) is 83.9 Å². The smallest absolute Gasteiger partial charge is 0.257 e. The summed E-state index contributed by atoms with van der Waals surface area (Å²) in [6.45, 7) is 4.76. The zero-order valence-electron chi connectivity index (χ0n) is 19.9. The number of para-hydroxylation sites is 2. The van der Waals surface area contributed by atoms with Crippen molar-refractivity contribution in [3.8, 4) is 0 Å². The molecule has 0 bridgehead atoms. The molecule has 2 aromatic heterocycles. The summed E-state index contributed by atoms with van der Waals surface area (Å²) in [6.07, 6.45) is 0. The van der Waals surface area contributed by atoms with Gasteiger partial charge >= 0.3 is 0 Å². The first-order valence-corrected chi connectivity index (χ1v) is 12.5. The second-order valence-electron chi connectivity index (χ2n) is 8.23. The van der Waals surface area contributed by atoms with Crippen LogP contribution >= 0.6 is 11.8 Å². The predicted octanol–water partition coefficient (Wildman–Crippen LogP) is 5.29. The van der Waals surface area contributed by atoms with Gasteiger partial charge in [-0.25, -0.2) is 4.98 Å². The summed E-state index contributed by atoms with van der Waals surface area (Å²) in [6, 6.07) is 22.5. The Morgan fingerprint density at radius 2 is 1.75 bits per heavy atom. The van der Waals surface area contributed by atoms with Crippen LogP contribution in [-0.4, -0.2) is 37.3 Å². The van der Waals surface area contributed by atoms with Gasteiger partial charge in [0.25, 0.3) is 5.91 Å². The number of carbonyl (C=O) groups is 2. The van der Waals surface area contributed by atoms with Gasteiger partial charge in [0.15, 0.2) is 5.65 Å². The molecule has 36 heavy (non-hydrogen) atoms. The van der Waals surface area contributed by atoms with E-state index in [9.17, 15) is 9.59 Å². The van der Waals surface area contributed by atoms with E-state index in [1.54, 1.807) is 24.3 Å². The quantitative estimate of drug-likeness (QED) is 0.297. The van der Waals surface area contributed by atoms with Gasteiger partial charge in [0.05, 0.1) is 22.5 Å². The zero-order valence-corrected chi connectivity index (χ0v) is 20.7. The number of fused-ring (bicyclic) bond motifs is 3. The van der Waals surface area contributed by atoms with E-state index in [-0.39, 0.29) is 17.6 Å². The Labute approximate surface area is 212 Å². The van der Waals surface area contributed by atoms with Gasteiger partial charge in [-0.05, 0) is 49.7 Å². The Morgan fingerprint density at radius 1 is 0.944 bits per heavy atom. The molecular weight excluding hydrogens is 472 g/mol. The molecule has 180 valence electrons. The fourth-order valence-corrected chi connectivity index (χ4v) is 4.68. The molecule has 0 aliphatic rings. The fourth-order valence-electron chi connectivity index (χ4n) is 4.10. The lowest BCUT2D eigenvalue weighted by Crippen LogP contribution is -2.19. The van der Waals surface area contributed by atoms with E-state index in [2.05, 4.69) is 37.3 Å². The monoisotopic (exact) mass is 496 g/mol. The maximum Gasteiger partial charge on any atom is 0.257 e. The number of carbonyl (C=O) groups excluding carboxylic acids is 2. The summed E-state index contributed by atoms with van der Waals surface area (Å²) in [4.78, 5) is 30.3. The van der Waals surface area contributed by atoms with Crippen LogP contribution in [0.4, 0.5) is 11.4 Å². The van der Waals surface area contributed by atoms with Crippen LogP contribution in [0.3, 0.4) is 0 Å². The molecule has 0 atom stereocenters. The van der Waals surface area contributed by atoms with Crippen LogP contribution in [0, 0.1) is 6.92 Å². The Kier molecular flexibility index (Phi) is 6.64. The van der Waals surface area contributed by atoms with E-state index in [4.69, 9.17) is 0 Å². The number of aromatic nitrogens is 4. The maximum absolute atomic E-state index is 12.9.